The SMILES string of the molecule is CC(C)CC(CN)NC(=O)CCCNC(=O)c1ccsc1. The highest BCUT2D eigenvalue weighted by atomic mass is 32.1. The van der Waals surface area contributed by atoms with Gasteiger partial charge in [0, 0.05) is 36.5 Å². The van der Waals surface area contributed by atoms with Gasteiger partial charge >= 0.3 is 0 Å². The summed E-state index contributed by atoms with van der Waals surface area (Å²) in [7, 11) is 0. The molecule has 0 saturated heterocycles. The first-order valence-electron chi connectivity index (χ1n) is 7.32. The van der Waals surface area contributed by atoms with Crippen LogP contribution in [0, 0.1) is 5.92 Å². The number of thiophene rings is 1. The lowest BCUT2D eigenvalue weighted by molar-refractivity contribution is -0.121. The fraction of sp³-hybridized carbons (Fsp3) is 0.600. The van der Waals surface area contributed by atoms with Crippen LogP contribution >= 0.6 is 11.3 Å². The van der Waals surface area contributed by atoms with E-state index in [1.54, 1.807) is 11.4 Å². The van der Waals surface area contributed by atoms with Crippen molar-refractivity contribution >= 4 is 23.2 Å². The number of carbonyl (C=O) groups is 2. The third-order valence-corrected chi connectivity index (χ3v) is 3.74. The van der Waals surface area contributed by atoms with Crippen LogP contribution in [0.1, 0.15) is 43.5 Å². The Labute approximate surface area is 130 Å². The second-order valence-electron chi connectivity index (χ2n) is 5.50. The molecule has 1 heterocycles. The Bertz CT molecular complexity index is 432. The van der Waals surface area contributed by atoms with Crippen LogP contribution in [0.3, 0.4) is 0 Å². The molecule has 1 aromatic heterocycles. The standard InChI is InChI=1S/C15H25N3O2S/c1-11(2)8-13(9-16)18-14(19)4-3-6-17-15(20)12-5-7-21-10-12/h5,7,10-11,13H,3-4,6,8-9,16H2,1-2H3,(H,17,20)(H,18,19). The van der Waals surface area contributed by atoms with E-state index in [4.69, 9.17) is 5.73 Å². The van der Waals surface area contributed by atoms with E-state index in [2.05, 4.69) is 24.5 Å². The molecule has 21 heavy (non-hydrogen) atoms. The smallest absolute Gasteiger partial charge is 0.252 e. The first-order chi connectivity index (χ1) is 10.0. The van der Waals surface area contributed by atoms with Gasteiger partial charge in [0.25, 0.3) is 5.91 Å². The average Bonchev–Trinajstić information content (AvgIpc) is 2.96. The molecular formula is C15H25N3O2S. The minimum atomic E-state index is -0.0868. The quantitative estimate of drug-likeness (QED) is 0.607. The zero-order valence-corrected chi connectivity index (χ0v) is 13.5. The van der Waals surface area contributed by atoms with Crippen molar-refractivity contribution in [1.29, 1.82) is 0 Å². The molecule has 0 radical (unpaired) electrons. The first kappa shape index (κ1) is 17.7. The molecule has 6 heteroatoms. The van der Waals surface area contributed by atoms with E-state index < -0.39 is 0 Å². The summed E-state index contributed by atoms with van der Waals surface area (Å²) in [6.07, 6.45) is 1.91. The van der Waals surface area contributed by atoms with Crippen molar-refractivity contribution in [2.45, 2.75) is 39.2 Å². The molecule has 0 bridgehead atoms. The molecule has 1 atom stereocenters. The summed E-state index contributed by atoms with van der Waals surface area (Å²) in [6.45, 7) is 5.17. The van der Waals surface area contributed by atoms with E-state index in [1.165, 1.54) is 11.3 Å². The van der Waals surface area contributed by atoms with Crippen LogP contribution in [-0.2, 0) is 4.79 Å². The molecule has 1 unspecified atom stereocenters. The van der Waals surface area contributed by atoms with Crippen molar-refractivity contribution in [3.63, 3.8) is 0 Å². The number of carbonyl (C=O) groups excluding carboxylic acids is 2. The van der Waals surface area contributed by atoms with Crippen LogP contribution < -0.4 is 16.4 Å². The van der Waals surface area contributed by atoms with Gasteiger partial charge < -0.3 is 16.4 Å². The number of rotatable bonds is 9. The predicted octanol–water partition coefficient (Wildman–Crippen LogP) is 1.75. The maximum atomic E-state index is 11.8. The highest BCUT2D eigenvalue weighted by Crippen LogP contribution is 2.06. The average molecular weight is 311 g/mol. The maximum absolute atomic E-state index is 11.8. The lowest BCUT2D eigenvalue weighted by Crippen LogP contribution is -2.41. The summed E-state index contributed by atoms with van der Waals surface area (Å²) in [4.78, 5) is 23.5. The van der Waals surface area contributed by atoms with Gasteiger partial charge in [-0.05, 0) is 30.2 Å². The van der Waals surface area contributed by atoms with Gasteiger partial charge in [-0.25, -0.2) is 0 Å². The molecule has 2 amide bonds. The van der Waals surface area contributed by atoms with Crippen LogP contribution in [0.2, 0.25) is 0 Å². The van der Waals surface area contributed by atoms with Crippen molar-refractivity contribution in [2.24, 2.45) is 11.7 Å². The third kappa shape index (κ3) is 7.24. The van der Waals surface area contributed by atoms with E-state index in [0.29, 0.717) is 37.4 Å². The molecule has 1 aromatic rings. The number of hydrogen-bond donors (Lipinski definition) is 3. The molecule has 0 aliphatic rings. The van der Waals surface area contributed by atoms with Crippen LogP contribution in [0.25, 0.3) is 0 Å². The summed E-state index contributed by atoms with van der Waals surface area (Å²) in [5.41, 5.74) is 6.32. The Morgan fingerprint density at radius 3 is 2.71 bits per heavy atom. The van der Waals surface area contributed by atoms with Crippen molar-refractivity contribution < 1.29 is 9.59 Å². The van der Waals surface area contributed by atoms with Gasteiger partial charge in [0.05, 0.1) is 0 Å². The van der Waals surface area contributed by atoms with Gasteiger partial charge in [-0.1, -0.05) is 13.8 Å². The van der Waals surface area contributed by atoms with Gasteiger partial charge in [-0.2, -0.15) is 11.3 Å². The zero-order chi connectivity index (χ0) is 15.7. The van der Waals surface area contributed by atoms with Gasteiger partial charge in [0.2, 0.25) is 5.91 Å². The lowest BCUT2D eigenvalue weighted by Gasteiger charge is -2.18. The fourth-order valence-corrected chi connectivity index (χ4v) is 2.67. The topological polar surface area (TPSA) is 84.2 Å². The molecular weight excluding hydrogens is 286 g/mol. The van der Waals surface area contributed by atoms with Crippen molar-refractivity contribution in [3.05, 3.63) is 22.4 Å². The summed E-state index contributed by atoms with van der Waals surface area (Å²) >= 11 is 1.49. The Morgan fingerprint density at radius 1 is 1.38 bits per heavy atom. The molecule has 0 aliphatic carbocycles. The summed E-state index contributed by atoms with van der Waals surface area (Å²) in [5, 5.41) is 9.41. The first-order valence-corrected chi connectivity index (χ1v) is 8.27. The second-order valence-corrected chi connectivity index (χ2v) is 6.28. The van der Waals surface area contributed by atoms with Gasteiger partial charge in [0.15, 0.2) is 0 Å². The minimum absolute atomic E-state index is 0.00381. The highest BCUT2D eigenvalue weighted by molar-refractivity contribution is 7.08. The molecule has 0 spiro atoms. The molecule has 118 valence electrons. The monoisotopic (exact) mass is 311 g/mol. The van der Waals surface area contributed by atoms with E-state index in [-0.39, 0.29) is 17.9 Å². The zero-order valence-electron chi connectivity index (χ0n) is 12.7. The fourth-order valence-electron chi connectivity index (χ4n) is 2.03. The molecule has 5 nitrogen and oxygen atoms in total. The number of nitrogens with two attached hydrogens (primary N) is 1. The Morgan fingerprint density at radius 2 is 2.14 bits per heavy atom. The van der Waals surface area contributed by atoms with Crippen molar-refractivity contribution in [1.82, 2.24) is 10.6 Å². The number of nitrogens with one attached hydrogen (secondary N) is 2. The van der Waals surface area contributed by atoms with E-state index >= 15 is 0 Å². The summed E-state index contributed by atoms with van der Waals surface area (Å²) in [6, 6.07) is 1.82. The molecule has 1 rings (SSSR count). The van der Waals surface area contributed by atoms with Crippen LogP contribution in [-0.4, -0.2) is 30.9 Å². The van der Waals surface area contributed by atoms with Crippen LogP contribution in [0.15, 0.2) is 16.8 Å². The van der Waals surface area contributed by atoms with Gasteiger partial charge in [0.1, 0.15) is 0 Å². The van der Waals surface area contributed by atoms with Crippen LogP contribution in [0.4, 0.5) is 0 Å². The molecule has 4 N–H and O–H groups in total. The van der Waals surface area contributed by atoms with Crippen molar-refractivity contribution in [3.8, 4) is 0 Å². The number of amides is 2. The number of hydrogen-bond acceptors (Lipinski definition) is 4. The molecule has 0 aliphatic heterocycles. The van der Waals surface area contributed by atoms with E-state index in [1.807, 2.05) is 5.38 Å². The Balaban J connectivity index is 2.17. The second kappa shape index (κ2) is 9.52. The highest BCUT2D eigenvalue weighted by Gasteiger charge is 2.12. The summed E-state index contributed by atoms with van der Waals surface area (Å²) in [5.74, 6) is 0.413. The van der Waals surface area contributed by atoms with Gasteiger partial charge in [-0.3, -0.25) is 9.59 Å². The molecule has 0 fully saturated rings. The van der Waals surface area contributed by atoms with Crippen molar-refractivity contribution in [2.75, 3.05) is 13.1 Å². The normalized spacial score (nSPS) is 12.2. The molecule has 0 saturated carbocycles. The minimum Gasteiger partial charge on any atom is -0.352 e. The van der Waals surface area contributed by atoms with E-state index in [9.17, 15) is 9.59 Å². The Kier molecular flexibility index (Phi) is 8.00. The molecule has 0 aromatic carbocycles. The van der Waals surface area contributed by atoms with Crippen LogP contribution in [0.5, 0.6) is 0 Å². The summed E-state index contributed by atoms with van der Waals surface area (Å²) < 4.78 is 0. The predicted molar refractivity (Wildman–Crippen MR) is 86.3 cm³/mol. The maximum Gasteiger partial charge on any atom is 0.252 e. The third-order valence-electron chi connectivity index (χ3n) is 3.06. The van der Waals surface area contributed by atoms with E-state index in [0.717, 1.165) is 6.42 Å². The van der Waals surface area contributed by atoms with Gasteiger partial charge in [-0.15, -0.1) is 0 Å². The lowest BCUT2D eigenvalue weighted by atomic mass is 10.0. The Hall–Kier alpha value is -1.40. The largest absolute Gasteiger partial charge is 0.352 e.